The van der Waals surface area contributed by atoms with Crippen LogP contribution >= 0.6 is 11.6 Å². The second kappa shape index (κ2) is 10.5. The summed E-state index contributed by atoms with van der Waals surface area (Å²) in [6.07, 6.45) is 5.98. The van der Waals surface area contributed by atoms with Gasteiger partial charge in [-0.2, -0.15) is 0 Å². The highest BCUT2D eigenvalue weighted by molar-refractivity contribution is 6.30. The van der Waals surface area contributed by atoms with Crippen LogP contribution < -0.4 is 4.90 Å². The number of aliphatic hydroxyl groups is 1. The normalized spacial score (nSPS) is 30.5. The molecule has 2 amide bonds. The molecule has 8 nitrogen and oxygen atoms in total. The molecule has 1 aromatic rings. The number of unbranched alkanes of at least 4 members (excludes halogenated alkanes) is 3. The lowest BCUT2D eigenvalue weighted by Gasteiger charge is -2.37. The molecule has 0 aliphatic carbocycles. The Morgan fingerprint density at radius 2 is 1.92 bits per heavy atom. The molecule has 0 radical (unpaired) electrons. The van der Waals surface area contributed by atoms with Crippen molar-refractivity contribution in [2.45, 2.75) is 69.1 Å². The van der Waals surface area contributed by atoms with E-state index in [4.69, 9.17) is 21.4 Å². The average molecular weight is 519 g/mol. The smallest absolute Gasteiger partial charge is 0.310 e. The Balaban J connectivity index is 1.74. The largest absolute Gasteiger partial charge is 0.481 e. The van der Waals surface area contributed by atoms with Crippen LogP contribution in [0.1, 0.15) is 51.9 Å². The van der Waals surface area contributed by atoms with Crippen molar-refractivity contribution in [1.29, 1.82) is 0 Å². The number of benzene rings is 1. The van der Waals surface area contributed by atoms with Gasteiger partial charge in [0.2, 0.25) is 5.91 Å². The highest BCUT2D eigenvalue weighted by Crippen LogP contribution is 2.64. The van der Waals surface area contributed by atoms with Crippen molar-refractivity contribution in [3.63, 3.8) is 0 Å². The number of carbonyl (C=O) groups is 3. The molecule has 3 fully saturated rings. The lowest BCUT2D eigenvalue weighted by molar-refractivity contribution is -0.155. The van der Waals surface area contributed by atoms with E-state index in [0.717, 1.165) is 12.8 Å². The summed E-state index contributed by atoms with van der Waals surface area (Å²) in [6.45, 7) is 6.35. The standard InChI is InChI=1S/C27H35ClN2O6/c1-3-15-29(19-11-9-18(28)10-12-19)24(33)22-27-14-13-26(4-2,36-27)21(25(34)35)20(27)23(32)30(22)16-7-5-6-8-17-31/h3,9-12,20-22,31H,1,4-8,13-17H2,2H3,(H,34,35)/t20-,21-,22?,26+,27?/m0/s1. The van der Waals surface area contributed by atoms with Gasteiger partial charge in [0, 0.05) is 30.4 Å². The first-order valence-electron chi connectivity index (χ1n) is 12.8. The van der Waals surface area contributed by atoms with Crippen LogP contribution in [0.25, 0.3) is 0 Å². The number of carboxylic acid groups (broad SMARTS) is 1. The number of hydrogen-bond donors (Lipinski definition) is 2. The van der Waals surface area contributed by atoms with E-state index >= 15 is 0 Å². The molecule has 3 heterocycles. The van der Waals surface area contributed by atoms with E-state index in [9.17, 15) is 19.5 Å². The summed E-state index contributed by atoms with van der Waals surface area (Å²) in [5.41, 5.74) is -1.50. The zero-order valence-corrected chi connectivity index (χ0v) is 21.5. The topological polar surface area (TPSA) is 107 Å². The third-order valence-corrected chi connectivity index (χ3v) is 8.46. The van der Waals surface area contributed by atoms with Crippen molar-refractivity contribution in [1.82, 2.24) is 4.90 Å². The summed E-state index contributed by atoms with van der Waals surface area (Å²) in [5, 5.41) is 19.8. The summed E-state index contributed by atoms with van der Waals surface area (Å²) < 4.78 is 6.59. The van der Waals surface area contributed by atoms with E-state index < -0.39 is 35.0 Å². The number of anilines is 1. The minimum absolute atomic E-state index is 0.111. The quantitative estimate of drug-likeness (QED) is 0.323. The van der Waals surface area contributed by atoms with E-state index in [1.807, 2.05) is 6.92 Å². The maximum atomic E-state index is 14.3. The van der Waals surface area contributed by atoms with Crippen LogP contribution in [0.15, 0.2) is 36.9 Å². The number of fused-ring (bicyclic) bond motifs is 1. The fourth-order valence-electron chi connectivity index (χ4n) is 6.58. The van der Waals surface area contributed by atoms with Crippen LogP contribution in [-0.4, -0.2) is 69.8 Å². The number of amides is 2. The third-order valence-electron chi connectivity index (χ3n) is 8.20. The van der Waals surface area contributed by atoms with Gasteiger partial charge in [0.1, 0.15) is 17.6 Å². The number of aliphatic hydroxyl groups excluding tert-OH is 1. The van der Waals surface area contributed by atoms with Crippen LogP contribution in [0.3, 0.4) is 0 Å². The monoisotopic (exact) mass is 518 g/mol. The van der Waals surface area contributed by atoms with Crippen molar-refractivity contribution in [3.05, 3.63) is 41.9 Å². The van der Waals surface area contributed by atoms with Crippen molar-refractivity contribution >= 4 is 35.1 Å². The summed E-state index contributed by atoms with van der Waals surface area (Å²) in [6, 6.07) is 5.96. The predicted molar refractivity (Wildman–Crippen MR) is 136 cm³/mol. The number of hydrogen-bond acceptors (Lipinski definition) is 5. The number of aliphatic carboxylic acids is 1. The molecular formula is C27H35ClN2O6. The van der Waals surface area contributed by atoms with Crippen molar-refractivity contribution in [2.24, 2.45) is 11.8 Å². The number of rotatable bonds is 12. The maximum Gasteiger partial charge on any atom is 0.310 e. The SMILES string of the molecule is C=CCN(C(=O)C1N(CCCCCCO)C(=O)[C@@H]2[C@@H](C(=O)O)[C@@]3(CC)CCC12O3)c1ccc(Cl)cc1. The number of carbonyl (C=O) groups excluding carboxylic acids is 2. The highest BCUT2D eigenvalue weighted by atomic mass is 35.5. The Labute approximate surface area is 216 Å². The van der Waals surface area contributed by atoms with Crippen molar-refractivity contribution in [2.75, 3.05) is 24.6 Å². The van der Waals surface area contributed by atoms with Crippen LogP contribution in [0.5, 0.6) is 0 Å². The van der Waals surface area contributed by atoms with Gasteiger partial charge in [0.15, 0.2) is 0 Å². The summed E-state index contributed by atoms with van der Waals surface area (Å²) >= 11 is 6.07. The summed E-state index contributed by atoms with van der Waals surface area (Å²) in [7, 11) is 0. The number of ether oxygens (including phenoxy) is 1. The number of halogens is 1. The highest BCUT2D eigenvalue weighted by Gasteiger charge is 2.79. The van der Waals surface area contributed by atoms with Crippen LogP contribution in [0.2, 0.25) is 5.02 Å². The molecule has 2 bridgehead atoms. The Kier molecular flexibility index (Phi) is 7.78. The number of likely N-dealkylation sites (tertiary alicyclic amines) is 1. The van der Waals surface area contributed by atoms with Gasteiger partial charge in [-0.1, -0.05) is 37.4 Å². The van der Waals surface area contributed by atoms with E-state index in [1.54, 1.807) is 40.1 Å². The molecule has 5 atom stereocenters. The van der Waals surface area contributed by atoms with E-state index in [2.05, 4.69) is 6.58 Å². The van der Waals surface area contributed by atoms with Crippen LogP contribution in [0, 0.1) is 11.8 Å². The van der Waals surface area contributed by atoms with E-state index in [-0.39, 0.29) is 25.0 Å². The van der Waals surface area contributed by atoms with Crippen molar-refractivity contribution < 1.29 is 29.3 Å². The second-order valence-electron chi connectivity index (χ2n) is 10.1. The maximum absolute atomic E-state index is 14.3. The fraction of sp³-hybridized carbons (Fsp3) is 0.593. The molecule has 2 unspecified atom stereocenters. The Hall–Kier alpha value is -2.42. The van der Waals surface area contributed by atoms with Gasteiger partial charge in [-0.15, -0.1) is 6.58 Å². The van der Waals surface area contributed by atoms with E-state index in [1.165, 1.54) is 0 Å². The first kappa shape index (κ1) is 26.6. The first-order chi connectivity index (χ1) is 17.3. The first-order valence-corrected chi connectivity index (χ1v) is 13.2. The lowest BCUT2D eigenvalue weighted by atomic mass is 9.65. The van der Waals surface area contributed by atoms with Gasteiger partial charge in [-0.3, -0.25) is 14.4 Å². The predicted octanol–water partition coefficient (Wildman–Crippen LogP) is 3.65. The van der Waals surface area contributed by atoms with Crippen LogP contribution in [-0.2, 0) is 19.1 Å². The Bertz CT molecular complexity index is 1020. The molecule has 3 saturated heterocycles. The van der Waals surface area contributed by atoms with Crippen LogP contribution in [0.4, 0.5) is 5.69 Å². The minimum Gasteiger partial charge on any atom is -0.481 e. The zero-order chi connectivity index (χ0) is 26.1. The van der Waals surface area contributed by atoms with Crippen molar-refractivity contribution in [3.8, 4) is 0 Å². The molecule has 0 saturated carbocycles. The fourth-order valence-corrected chi connectivity index (χ4v) is 6.71. The molecule has 3 aliphatic heterocycles. The molecule has 1 spiro atoms. The van der Waals surface area contributed by atoms with Gasteiger partial charge in [-0.05, 0) is 56.4 Å². The molecule has 3 aliphatic rings. The molecule has 4 rings (SSSR count). The molecule has 196 valence electrons. The summed E-state index contributed by atoms with van der Waals surface area (Å²) in [5.74, 6) is -3.55. The summed E-state index contributed by atoms with van der Waals surface area (Å²) in [4.78, 5) is 43.8. The number of nitrogens with zero attached hydrogens (tertiary/aromatic N) is 2. The van der Waals surface area contributed by atoms with Gasteiger partial charge in [0.05, 0.1) is 11.5 Å². The van der Waals surface area contributed by atoms with Gasteiger partial charge >= 0.3 is 5.97 Å². The molecule has 2 N–H and O–H groups in total. The molecule has 0 aromatic heterocycles. The molecule has 36 heavy (non-hydrogen) atoms. The molecular weight excluding hydrogens is 484 g/mol. The second-order valence-corrected chi connectivity index (χ2v) is 10.5. The Morgan fingerprint density at radius 1 is 1.22 bits per heavy atom. The minimum atomic E-state index is -1.18. The van der Waals surface area contributed by atoms with Gasteiger partial charge in [-0.25, -0.2) is 0 Å². The third kappa shape index (κ3) is 4.23. The Morgan fingerprint density at radius 3 is 2.53 bits per heavy atom. The zero-order valence-electron chi connectivity index (χ0n) is 20.7. The number of carboxylic acids is 1. The van der Waals surface area contributed by atoms with E-state index in [0.29, 0.717) is 49.4 Å². The molecule has 9 heteroatoms. The van der Waals surface area contributed by atoms with Gasteiger partial charge < -0.3 is 24.7 Å². The van der Waals surface area contributed by atoms with Gasteiger partial charge in [0.25, 0.3) is 5.91 Å². The average Bonchev–Trinajstić information content (AvgIpc) is 3.46. The lowest BCUT2D eigenvalue weighted by Crippen LogP contribution is -2.56. The molecule has 1 aromatic carbocycles.